The summed E-state index contributed by atoms with van der Waals surface area (Å²) in [6.45, 7) is 9.39. The first-order valence-electron chi connectivity index (χ1n) is 10.5. The Balaban J connectivity index is 1.98. The molecular weight excluding hydrogens is 446 g/mol. The fourth-order valence-electron chi connectivity index (χ4n) is 3.82. The van der Waals surface area contributed by atoms with Gasteiger partial charge in [-0.15, -0.1) is 0 Å². The third-order valence-electron chi connectivity index (χ3n) is 5.33. The van der Waals surface area contributed by atoms with Crippen LogP contribution < -0.4 is 14.5 Å². The number of aryl methyl sites for hydroxylation is 2. The van der Waals surface area contributed by atoms with Crippen LogP contribution >= 0.6 is 11.3 Å². The maximum atomic E-state index is 13.2. The Hall–Kier alpha value is -2.65. The fourth-order valence-corrected chi connectivity index (χ4v) is 6.13. The van der Waals surface area contributed by atoms with Crippen LogP contribution in [0.25, 0.3) is 10.2 Å². The van der Waals surface area contributed by atoms with E-state index >= 15 is 0 Å². The molecule has 0 radical (unpaired) electrons. The van der Waals surface area contributed by atoms with Gasteiger partial charge in [0.05, 0.1) is 22.2 Å². The molecule has 0 fully saturated rings. The standard InChI is InChI=1S/C23H29N3O4S2/c1-7-18(26(32(6,29)30)20-12-15(4)8-9-16(20)5)22(27)24-17-10-11-19-21(13-17)31-23(28)25(19)14(2)3/h8-14,18H,7H2,1-6H3,(H,24,27)/t18-/m1/s1. The normalized spacial score (nSPS) is 12.8. The first-order valence-corrected chi connectivity index (χ1v) is 13.1. The molecule has 0 unspecified atom stereocenters. The van der Waals surface area contributed by atoms with Crippen molar-refractivity contribution in [2.75, 3.05) is 15.9 Å². The summed E-state index contributed by atoms with van der Waals surface area (Å²) in [6, 6.07) is 9.96. The molecule has 9 heteroatoms. The van der Waals surface area contributed by atoms with Gasteiger partial charge < -0.3 is 5.32 Å². The molecule has 0 aliphatic heterocycles. The van der Waals surface area contributed by atoms with Crippen LogP contribution in [0, 0.1) is 13.8 Å². The van der Waals surface area contributed by atoms with E-state index < -0.39 is 22.0 Å². The van der Waals surface area contributed by atoms with Gasteiger partial charge in [0.2, 0.25) is 15.9 Å². The maximum absolute atomic E-state index is 13.2. The SMILES string of the molecule is CC[C@H](C(=O)Nc1ccc2c(c1)sc(=O)n2C(C)C)N(c1cc(C)ccc1C)S(C)(=O)=O. The predicted octanol–water partition coefficient (Wildman–Crippen LogP) is 4.44. The average molecular weight is 476 g/mol. The third kappa shape index (κ3) is 4.73. The second kappa shape index (κ2) is 9.07. The highest BCUT2D eigenvalue weighted by Crippen LogP contribution is 2.29. The van der Waals surface area contributed by atoms with Crippen LogP contribution in [0.4, 0.5) is 11.4 Å². The van der Waals surface area contributed by atoms with Gasteiger partial charge in [0.15, 0.2) is 0 Å². The van der Waals surface area contributed by atoms with Gasteiger partial charge in [0.1, 0.15) is 6.04 Å². The average Bonchev–Trinajstić information content (AvgIpc) is 3.02. The van der Waals surface area contributed by atoms with Crippen LogP contribution in [0.15, 0.2) is 41.2 Å². The second-order valence-electron chi connectivity index (χ2n) is 8.28. The number of carbonyl (C=O) groups excluding carboxylic acids is 1. The zero-order valence-corrected chi connectivity index (χ0v) is 20.8. The molecule has 1 aromatic heterocycles. The van der Waals surface area contributed by atoms with Crippen molar-refractivity contribution in [1.82, 2.24) is 4.57 Å². The highest BCUT2D eigenvalue weighted by atomic mass is 32.2. The summed E-state index contributed by atoms with van der Waals surface area (Å²) in [6.07, 6.45) is 1.41. The van der Waals surface area contributed by atoms with Crippen LogP contribution in [-0.2, 0) is 14.8 Å². The molecule has 7 nitrogen and oxygen atoms in total. The first-order chi connectivity index (χ1) is 14.9. The monoisotopic (exact) mass is 475 g/mol. The van der Waals surface area contributed by atoms with E-state index in [-0.39, 0.29) is 10.9 Å². The van der Waals surface area contributed by atoms with Crippen molar-refractivity contribution < 1.29 is 13.2 Å². The number of carbonyl (C=O) groups is 1. The van der Waals surface area contributed by atoms with Gasteiger partial charge in [-0.2, -0.15) is 0 Å². The van der Waals surface area contributed by atoms with Crippen LogP contribution in [0.5, 0.6) is 0 Å². The molecule has 0 aliphatic rings. The van der Waals surface area contributed by atoms with E-state index in [0.717, 1.165) is 38.9 Å². The van der Waals surface area contributed by atoms with E-state index in [1.54, 1.807) is 29.7 Å². The summed E-state index contributed by atoms with van der Waals surface area (Å²) >= 11 is 1.12. The Morgan fingerprint density at radius 2 is 1.84 bits per heavy atom. The lowest BCUT2D eigenvalue weighted by atomic mass is 10.1. The first kappa shape index (κ1) is 24.0. The smallest absolute Gasteiger partial charge is 0.308 e. The Morgan fingerprint density at radius 1 is 1.16 bits per heavy atom. The molecule has 1 heterocycles. The Labute approximate surface area is 192 Å². The van der Waals surface area contributed by atoms with Gasteiger partial charge in [-0.25, -0.2) is 8.42 Å². The molecule has 3 aromatic rings. The van der Waals surface area contributed by atoms with Crippen molar-refractivity contribution in [2.45, 2.75) is 53.1 Å². The van der Waals surface area contributed by atoms with E-state index in [2.05, 4.69) is 5.32 Å². The molecule has 1 N–H and O–H groups in total. The molecular formula is C23H29N3O4S2. The van der Waals surface area contributed by atoms with Crippen LogP contribution in [0.2, 0.25) is 0 Å². The molecule has 0 saturated carbocycles. The van der Waals surface area contributed by atoms with Crippen LogP contribution in [0.1, 0.15) is 44.4 Å². The van der Waals surface area contributed by atoms with Crippen molar-refractivity contribution in [3.8, 4) is 0 Å². The minimum atomic E-state index is -3.72. The number of rotatable bonds is 7. The fraction of sp³-hybridized carbons (Fsp3) is 0.391. The minimum Gasteiger partial charge on any atom is -0.324 e. The predicted molar refractivity (Wildman–Crippen MR) is 132 cm³/mol. The number of thiazole rings is 1. The van der Waals surface area contributed by atoms with E-state index in [0.29, 0.717) is 17.8 Å². The quantitative estimate of drug-likeness (QED) is 0.547. The zero-order valence-electron chi connectivity index (χ0n) is 19.2. The van der Waals surface area contributed by atoms with E-state index in [9.17, 15) is 18.0 Å². The topological polar surface area (TPSA) is 88.5 Å². The zero-order chi connectivity index (χ0) is 23.8. The lowest BCUT2D eigenvalue weighted by molar-refractivity contribution is -0.117. The molecule has 32 heavy (non-hydrogen) atoms. The van der Waals surface area contributed by atoms with Crippen molar-refractivity contribution in [3.05, 3.63) is 57.2 Å². The number of aromatic nitrogens is 1. The van der Waals surface area contributed by atoms with E-state index in [4.69, 9.17) is 0 Å². The van der Waals surface area contributed by atoms with Gasteiger partial charge in [-0.3, -0.25) is 18.5 Å². The lowest BCUT2D eigenvalue weighted by Gasteiger charge is -2.31. The highest BCUT2D eigenvalue weighted by molar-refractivity contribution is 7.92. The molecule has 2 aromatic carbocycles. The number of benzene rings is 2. The van der Waals surface area contributed by atoms with Crippen molar-refractivity contribution in [3.63, 3.8) is 0 Å². The van der Waals surface area contributed by atoms with Gasteiger partial charge in [0.25, 0.3) is 0 Å². The van der Waals surface area contributed by atoms with Crippen LogP contribution in [-0.4, -0.2) is 31.2 Å². The number of sulfonamides is 1. The largest absolute Gasteiger partial charge is 0.324 e. The number of fused-ring (bicyclic) bond motifs is 1. The van der Waals surface area contributed by atoms with E-state index in [1.165, 1.54) is 4.31 Å². The van der Waals surface area contributed by atoms with Crippen LogP contribution in [0.3, 0.4) is 0 Å². The maximum Gasteiger partial charge on any atom is 0.308 e. The molecule has 0 spiro atoms. The molecule has 0 saturated heterocycles. The summed E-state index contributed by atoms with van der Waals surface area (Å²) in [5.74, 6) is -0.422. The Kier molecular flexibility index (Phi) is 6.80. The molecule has 0 bridgehead atoms. The summed E-state index contributed by atoms with van der Waals surface area (Å²) in [7, 11) is -3.72. The number of hydrogen-bond acceptors (Lipinski definition) is 5. The second-order valence-corrected chi connectivity index (χ2v) is 11.1. The summed E-state index contributed by atoms with van der Waals surface area (Å²) in [5, 5.41) is 2.85. The summed E-state index contributed by atoms with van der Waals surface area (Å²) in [4.78, 5) is 25.5. The van der Waals surface area contributed by atoms with Gasteiger partial charge >= 0.3 is 4.87 Å². The Bertz CT molecular complexity index is 1320. The molecule has 1 amide bonds. The number of amides is 1. The molecule has 1 atom stereocenters. The molecule has 3 rings (SSSR count). The Morgan fingerprint density at radius 3 is 2.44 bits per heavy atom. The molecule has 172 valence electrons. The van der Waals surface area contributed by atoms with Gasteiger partial charge in [0, 0.05) is 11.7 Å². The number of hydrogen-bond donors (Lipinski definition) is 1. The summed E-state index contributed by atoms with van der Waals surface area (Å²) < 4.78 is 29.2. The summed E-state index contributed by atoms with van der Waals surface area (Å²) in [5.41, 5.74) is 3.51. The minimum absolute atomic E-state index is 0.0297. The highest BCUT2D eigenvalue weighted by Gasteiger charge is 2.32. The number of nitrogens with one attached hydrogen (secondary N) is 1. The van der Waals surface area contributed by atoms with Gasteiger partial charge in [-0.1, -0.05) is 30.4 Å². The third-order valence-corrected chi connectivity index (χ3v) is 7.41. The number of anilines is 2. The van der Waals surface area contributed by atoms with Crippen molar-refractivity contribution in [1.29, 1.82) is 0 Å². The van der Waals surface area contributed by atoms with Crippen molar-refractivity contribution >= 4 is 48.9 Å². The lowest BCUT2D eigenvalue weighted by Crippen LogP contribution is -2.47. The number of nitrogens with zero attached hydrogens (tertiary/aromatic N) is 2. The van der Waals surface area contributed by atoms with Gasteiger partial charge in [-0.05, 0) is 69.5 Å². The molecule has 0 aliphatic carbocycles. The van der Waals surface area contributed by atoms with Crippen molar-refractivity contribution in [2.24, 2.45) is 0 Å². The van der Waals surface area contributed by atoms with E-state index in [1.807, 2.05) is 45.9 Å².